The molecular weight excluding hydrogens is 286 g/mol. The second kappa shape index (κ2) is 6.99. The Balaban J connectivity index is 2.11. The molecule has 2 rings (SSSR count). The molecule has 1 aromatic carbocycles. The van der Waals surface area contributed by atoms with Crippen LogP contribution < -0.4 is 4.74 Å². The Morgan fingerprint density at radius 3 is 2.24 bits per heavy atom. The highest BCUT2D eigenvalue weighted by Crippen LogP contribution is 2.31. The van der Waals surface area contributed by atoms with Crippen LogP contribution in [0.5, 0.6) is 5.75 Å². The Hall–Kier alpha value is -0.770. The molecule has 1 saturated heterocycles. The molecule has 3 nitrogen and oxygen atoms in total. The lowest BCUT2D eigenvalue weighted by molar-refractivity contribution is -0.0678. The first-order valence-electron chi connectivity index (χ1n) is 7.57. The summed E-state index contributed by atoms with van der Waals surface area (Å²) >= 11 is 6.72. The van der Waals surface area contributed by atoms with Crippen molar-refractivity contribution >= 4 is 11.6 Å². The number of morpholine rings is 1. The van der Waals surface area contributed by atoms with Crippen molar-refractivity contribution in [3.05, 3.63) is 28.8 Å². The third-order valence-electron chi connectivity index (χ3n) is 4.03. The fourth-order valence-corrected chi connectivity index (χ4v) is 3.84. The molecule has 0 saturated carbocycles. The largest absolute Gasteiger partial charge is 0.497 e. The third-order valence-corrected chi connectivity index (χ3v) is 4.39. The zero-order chi connectivity index (χ0) is 15.6. The number of hydrogen-bond donors (Lipinski definition) is 0. The molecule has 1 aliphatic heterocycles. The van der Waals surface area contributed by atoms with Crippen LogP contribution in [0.3, 0.4) is 0 Å². The van der Waals surface area contributed by atoms with E-state index in [4.69, 9.17) is 21.1 Å². The molecular formula is C17H26ClNO2. The van der Waals surface area contributed by atoms with Crippen LogP contribution in [0.15, 0.2) is 12.1 Å². The van der Waals surface area contributed by atoms with Crippen LogP contribution in [0.25, 0.3) is 0 Å². The number of methoxy groups -OCH3 is 1. The van der Waals surface area contributed by atoms with Crippen molar-refractivity contribution in [1.29, 1.82) is 0 Å². The van der Waals surface area contributed by atoms with E-state index < -0.39 is 0 Å². The highest BCUT2D eigenvalue weighted by atomic mass is 35.5. The molecule has 1 fully saturated rings. The highest BCUT2D eigenvalue weighted by molar-refractivity contribution is 6.21. The zero-order valence-corrected chi connectivity index (χ0v) is 14.4. The van der Waals surface area contributed by atoms with E-state index in [0.717, 1.165) is 25.4 Å². The van der Waals surface area contributed by atoms with Gasteiger partial charge in [-0.25, -0.2) is 0 Å². The average Bonchev–Trinajstić information content (AvgIpc) is 2.36. The van der Waals surface area contributed by atoms with Gasteiger partial charge in [0.05, 0.1) is 24.7 Å². The van der Waals surface area contributed by atoms with Crippen molar-refractivity contribution in [2.75, 3.05) is 26.7 Å². The molecule has 118 valence electrons. The molecule has 1 heterocycles. The topological polar surface area (TPSA) is 21.7 Å². The SMILES string of the molecule is COc1cc(C)c(C(Cl)CN2CC(C)OC(C)C2)c(C)c1. The van der Waals surface area contributed by atoms with Crippen LogP contribution in [-0.2, 0) is 4.74 Å². The van der Waals surface area contributed by atoms with Gasteiger partial charge in [0.15, 0.2) is 0 Å². The summed E-state index contributed by atoms with van der Waals surface area (Å²) < 4.78 is 11.1. The smallest absolute Gasteiger partial charge is 0.119 e. The van der Waals surface area contributed by atoms with Crippen molar-refractivity contribution in [2.24, 2.45) is 0 Å². The molecule has 1 aromatic rings. The van der Waals surface area contributed by atoms with Gasteiger partial charge in [0, 0.05) is 19.6 Å². The Bertz CT molecular complexity index is 459. The molecule has 0 aromatic heterocycles. The van der Waals surface area contributed by atoms with Crippen LogP contribution in [0.2, 0.25) is 0 Å². The number of hydrogen-bond acceptors (Lipinski definition) is 3. The number of aryl methyl sites for hydroxylation is 2. The number of alkyl halides is 1. The molecule has 1 aliphatic rings. The molecule has 21 heavy (non-hydrogen) atoms. The molecule has 3 unspecified atom stereocenters. The minimum Gasteiger partial charge on any atom is -0.497 e. The summed E-state index contributed by atoms with van der Waals surface area (Å²) in [6.45, 7) is 11.2. The van der Waals surface area contributed by atoms with Crippen LogP contribution in [0, 0.1) is 13.8 Å². The molecule has 0 amide bonds. The third kappa shape index (κ3) is 4.12. The van der Waals surface area contributed by atoms with E-state index in [2.05, 4.69) is 44.7 Å². The predicted octanol–water partition coefficient (Wildman–Crippen LogP) is 3.70. The highest BCUT2D eigenvalue weighted by Gasteiger charge is 2.25. The van der Waals surface area contributed by atoms with Gasteiger partial charge in [0.1, 0.15) is 5.75 Å². The lowest BCUT2D eigenvalue weighted by atomic mass is 9.98. The van der Waals surface area contributed by atoms with E-state index in [9.17, 15) is 0 Å². The normalized spacial score (nSPS) is 24.9. The lowest BCUT2D eigenvalue weighted by Gasteiger charge is -2.36. The monoisotopic (exact) mass is 311 g/mol. The van der Waals surface area contributed by atoms with Gasteiger partial charge in [-0.3, -0.25) is 4.90 Å². The summed E-state index contributed by atoms with van der Waals surface area (Å²) in [6, 6.07) is 4.12. The average molecular weight is 312 g/mol. The van der Waals surface area contributed by atoms with E-state index in [1.54, 1.807) is 7.11 Å². The maximum Gasteiger partial charge on any atom is 0.119 e. The molecule has 4 heteroatoms. The van der Waals surface area contributed by atoms with Crippen LogP contribution in [-0.4, -0.2) is 43.9 Å². The summed E-state index contributed by atoms with van der Waals surface area (Å²) in [5.41, 5.74) is 3.62. The fraction of sp³-hybridized carbons (Fsp3) is 0.647. The summed E-state index contributed by atoms with van der Waals surface area (Å²) in [7, 11) is 1.70. The van der Waals surface area contributed by atoms with Gasteiger partial charge in [-0.15, -0.1) is 11.6 Å². The molecule has 0 bridgehead atoms. The summed E-state index contributed by atoms with van der Waals surface area (Å²) in [6.07, 6.45) is 0.548. The predicted molar refractivity (Wildman–Crippen MR) is 87.5 cm³/mol. The summed E-state index contributed by atoms with van der Waals surface area (Å²) in [5, 5.41) is -0.00611. The Morgan fingerprint density at radius 2 is 1.76 bits per heavy atom. The zero-order valence-electron chi connectivity index (χ0n) is 13.6. The van der Waals surface area contributed by atoms with Gasteiger partial charge in [-0.05, 0) is 56.5 Å². The van der Waals surface area contributed by atoms with Gasteiger partial charge in [0.2, 0.25) is 0 Å². The van der Waals surface area contributed by atoms with E-state index in [1.807, 2.05) is 0 Å². The molecule has 0 aliphatic carbocycles. The first kappa shape index (κ1) is 16.6. The molecule has 3 atom stereocenters. The van der Waals surface area contributed by atoms with Gasteiger partial charge in [-0.1, -0.05) is 0 Å². The van der Waals surface area contributed by atoms with Crippen LogP contribution in [0.1, 0.15) is 35.9 Å². The van der Waals surface area contributed by atoms with Gasteiger partial charge < -0.3 is 9.47 Å². The van der Waals surface area contributed by atoms with Crippen molar-refractivity contribution in [3.63, 3.8) is 0 Å². The van der Waals surface area contributed by atoms with Crippen molar-refractivity contribution in [2.45, 2.75) is 45.3 Å². The van der Waals surface area contributed by atoms with E-state index >= 15 is 0 Å². The van der Waals surface area contributed by atoms with Crippen molar-refractivity contribution in [1.82, 2.24) is 4.90 Å². The second-order valence-electron chi connectivity index (χ2n) is 6.12. The number of halogens is 1. The molecule has 0 radical (unpaired) electrons. The fourth-order valence-electron chi connectivity index (χ4n) is 3.30. The number of benzene rings is 1. The van der Waals surface area contributed by atoms with Crippen LogP contribution in [0.4, 0.5) is 0 Å². The first-order chi connectivity index (χ1) is 9.90. The quantitative estimate of drug-likeness (QED) is 0.791. The minimum absolute atomic E-state index is 0.00611. The van der Waals surface area contributed by atoms with Crippen LogP contribution >= 0.6 is 11.6 Å². The Morgan fingerprint density at radius 1 is 1.24 bits per heavy atom. The van der Waals surface area contributed by atoms with E-state index in [1.165, 1.54) is 16.7 Å². The molecule has 0 N–H and O–H groups in total. The van der Waals surface area contributed by atoms with Crippen molar-refractivity contribution in [3.8, 4) is 5.75 Å². The van der Waals surface area contributed by atoms with Gasteiger partial charge in [-0.2, -0.15) is 0 Å². The Labute approximate surface area is 133 Å². The number of nitrogens with zero attached hydrogens (tertiary/aromatic N) is 1. The summed E-state index contributed by atoms with van der Waals surface area (Å²) in [5.74, 6) is 0.895. The number of rotatable bonds is 4. The van der Waals surface area contributed by atoms with Gasteiger partial charge >= 0.3 is 0 Å². The number of ether oxygens (including phenoxy) is 2. The van der Waals surface area contributed by atoms with E-state index in [-0.39, 0.29) is 17.6 Å². The lowest BCUT2D eigenvalue weighted by Crippen LogP contribution is -2.46. The standard InChI is InChI=1S/C17H26ClNO2/c1-11-6-15(20-5)7-12(2)17(11)16(18)10-19-8-13(3)21-14(4)9-19/h6-7,13-14,16H,8-10H2,1-5H3. The maximum atomic E-state index is 6.72. The molecule has 0 spiro atoms. The second-order valence-corrected chi connectivity index (χ2v) is 6.65. The first-order valence-corrected chi connectivity index (χ1v) is 8.01. The van der Waals surface area contributed by atoms with Gasteiger partial charge in [0.25, 0.3) is 0 Å². The maximum absolute atomic E-state index is 6.72. The van der Waals surface area contributed by atoms with Crippen molar-refractivity contribution < 1.29 is 9.47 Å². The summed E-state index contributed by atoms with van der Waals surface area (Å²) in [4.78, 5) is 2.40. The van der Waals surface area contributed by atoms with E-state index in [0.29, 0.717) is 0 Å². The Kier molecular flexibility index (Phi) is 5.53. The minimum atomic E-state index is -0.00611.